The number of hydrogen-bond acceptors (Lipinski definition) is 2. The van der Waals surface area contributed by atoms with Crippen molar-refractivity contribution >= 4 is 9.24 Å². The van der Waals surface area contributed by atoms with Crippen molar-refractivity contribution in [2.75, 3.05) is 14.2 Å². The summed E-state index contributed by atoms with van der Waals surface area (Å²) in [7, 11) is 5.34. The average molecular weight is 261 g/mol. The molecule has 0 aliphatic rings. The van der Waals surface area contributed by atoms with Gasteiger partial charge in [-0.1, -0.05) is 24.3 Å². The Hall–Kier alpha value is -1.53. The maximum atomic E-state index is 5.17. The molecule has 2 rings (SSSR count). The Morgan fingerprint density at radius 3 is 1.33 bits per heavy atom. The summed E-state index contributed by atoms with van der Waals surface area (Å²) in [6.45, 7) is 0. The van der Waals surface area contributed by atoms with E-state index >= 15 is 0 Å². The normalized spacial score (nSPS) is 10.6. The first-order chi connectivity index (χ1) is 8.74. The highest BCUT2D eigenvalue weighted by Crippen LogP contribution is 2.32. The zero-order valence-electron chi connectivity index (χ0n) is 10.7. The van der Waals surface area contributed by atoms with Gasteiger partial charge in [0.2, 0.25) is 0 Å². The van der Waals surface area contributed by atoms with Crippen molar-refractivity contribution in [3.05, 3.63) is 59.7 Å². The highest BCUT2D eigenvalue weighted by molar-refractivity contribution is 7.17. The van der Waals surface area contributed by atoms with Crippen LogP contribution >= 0.6 is 9.24 Å². The monoisotopic (exact) mass is 261 g/mol. The molecule has 2 nitrogen and oxygen atoms in total. The molecular weight excluding hydrogens is 243 g/mol. The molecule has 0 aliphatic heterocycles. The molecule has 0 amide bonds. The number of hydrogen-bond donors (Lipinski definition) is 0. The van der Waals surface area contributed by atoms with Gasteiger partial charge in [0.1, 0.15) is 17.2 Å². The van der Waals surface area contributed by atoms with Gasteiger partial charge in [0.15, 0.2) is 0 Å². The van der Waals surface area contributed by atoms with E-state index in [-0.39, 0.29) is 0 Å². The molecule has 0 saturated carbocycles. The van der Waals surface area contributed by atoms with Gasteiger partial charge in [-0.05, 0) is 44.6 Å². The van der Waals surface area contributed by atoms with E-state index in [1.54, 1.807) is 14.2 Å². The molecule has 2 aromatic rings. The van der Waals surface area contributed by atoms with Crippen molar-refractivity contribution in [3.63, 3.8) is 0 Å². The Morgan fingerprint density at radius 1 is 0.722 bits per heavy atom. The SMILES string of the molecule is COc1ccc(C([PH3+])c2ccc(OC)cc2)cc1. The molecule has 0 heterocycles. The number of methoxy groups -OCH3 is 2. The van der Waals surface area contributed by atoms with Crippen molar-refractivity contribution in [3.8, 4) is 11.5 Å². The molecule has 0 aliphatic carbocycles. The third-order valence-electron chi connectivity index (χ3n) is 3.04. The van der Waals surface area contributed by atoms with Gasteiger partial charge in [-0.25, -0.2) is 0 Å². The second-order valence-electron chi connectivity index (χ2n) is 4.10. The fourth-order valence-corrected chi connectivity index (χ4v) is 2.41. The summed E-state index contributed by atoms with van der Waals surface area (Å²) in [5.74, 6) is 1.79. The van der Waals surface area contributed by atoms with Crippen LogP contribution in [0.3, 0.4) is 0 Å². The minimum atomic E-state index is 0.391. The predicted octanol–water partition coefficient (Wildman–Crippen LogP) is 3.40. The number of ether oxygens (including phenoxy) is 2. The van der Waals surface area contributed by atoms with Gasteiger partial charge in [-0.2, -0.15) is 0 Å². The van der Waals surface area contributed by atoms with E-state index in [0.717, 1.165) is 11.5 Å². The topological polar surface area (TPSA) is 18.5 Å². The molecule has 0 spiro atoms. The Bertz CT molecular complexity index is 443. The molecular formula is C15H18O2P+. The fraction of sp³-hybridized carbons (Fsp3) is 0.200. The van der Waals surface area contributed by atoms with E-state index in [4.69, 9.17) is 9.47 Å². The van der Waals surface area contributed by atoms with Gasteiger partial charge in [-0.3, -0.25) is 0 Å². The van der Waals surface area contributed by atoms with Crippen LogP contribution in [-0.2, 0) is 0 Å². The van der Waals surface area contributed by atoms with Crippen LogP contribution < -0.4 is 9.47 Å². The summed E-state index contributed by atoms with van der Waals surface area (Å²) in [6.07, 6.45) is 0. The summed E-state index contributed by atoms with van der Waals surface area (Å²) in [5.41, 5.74) is 2.97. The highest BCUT2D eigenvalue weighted by atomic mass is 31.0. The third kappa shape index (κ3) is 2.83. The second-order valence-corrected chi connectivity index (χ2v) is 4.92. The van der Waals surface area contributed by atoms with Crippen LogP contribution in [0.4, 0.5) is 0 Å². The zero-order valence-corrected chi connectivity index (χ0v) is 12.1. The largest absolute Gasteiger partial charge is 0.497 e. The van der Waals surface area contributed by atoms with Gasteiger partial charge in [-0.15, -0.1) is 0 Å². The van der Waals surface area contributed by atoms with Gasteiger partial charge < -0.3 is 9.47 Å². The minimum absolute atomic E-state index is 0.391. The molecule has 0 bridgehead atoms. The van der Waals surface area contributed by atoms with Gasteiger partial charge in [0.05, 0.1) is 14.2 Å². The first kappa shape index (κ1) is 12.9. The van der Waals surface area contributed by atoms with E-state index in [0.29, 0.717) is 5.66 Å². The van der Waals surface area contributed by atoms with Gasteiger partial charge in [0, 0.05) is 0 Å². The van der Waals surface area contributed by atoms with E-state index in [1.165, 1.54) is 11.1 Å². The molecule has 3 heteroatoms. The Morgan fingerprint density at radius 2 is 1.06 bits per heavy atom. The van der Waals surface area contributed by atoms with Crippen LogP contribution in [0.2, 0.25) is 0 Å². The van der Waals surface area contributed by atoms with Crippen LogP contribution in [0.25, 0.3) is 0 Å². The fourth-order valence-electron chi connectivity index (χ4n) is 1.86. The molecule has 0 N–H and O–H groups in total. The standard InChI is InChI=1S/C15H17O2P/c1-16-13-7-3-11(4-8-13)15(18)12-5-9-14(17-2)10-6-12/h3-10,15H,18H2,1-2H3/p+1. The lowest BCUT2D eigenvalue weighted by atomic mass is 10.0. The maximum absolute atomic E-state index is 5.17. The molecule has 0 saturated heterocycles. The summed E-state index contributed by atoms with van der Waals surface area (Å²) < 4.78 is 10.3. The van der Waals surface area contributed by atoms with Crippen LogP contribution in [-0.4, -0.2) is 14.2 Å². The van der Waals surface area contributed by atoms with E-state index in [9.17, 15) is 0 Å². The molecule has 0 aromatic heterocycles. The smallest absolute Gasteiger partial charge is 0.118 e. The van der Waals surface area contributed by atoms with E-state index in [1.807, 2.05) is 33.5 Å². The molecule has 1 unspecified atom stereocenters. The summed E-state index contributed by atoms with van der Waals surface area (Å²) in [4.78, 5) is 0. The van der Waals surface area contributed by atoms with Crippen molar-refractivity contribution in [1.82, 2.24) is 0 Å². The Balaban J connectivity index is 2.20. The van der Waals surface area contributed by atoms with Crippen LogP contribution in [0.1, 0.15) is 16.8 Å². The Kier molecular flexibility index (Phi) is 4.22. The van der Waals surface area contributed by atoms with Crippen molar-refractivity contribution in [2.45, 2.75) is 5.66 Å². The maximum Gasteiger partial charge on any atom is 0.118 e. The molecule has 18 heavy (non-hydrogen) atoms. The first-order valence-corrected chi connectivity index (χ1v) is 6.67. The highest BCUT2D eigenvalue weighted by Gasteiger charge is 2.12. The average Bonchev–Trinajstić information content (AvgIpc) is 2.47. The molecule has 0 fully saturated rings. The lowest BCUT2D eigenvalue weighted by Crippen LogP contribution is -1.93. The van der Waals surface area contributed by atoms with Gasteiger partial charge >= 0.3 is 0 Å². The van der Waals surface area contributed by atoms with E-state index in [2.05, 4.69) is 24.3 Å². The minimum Gasteiger partial charge on any atom is -0.497 e. The van der Waals surface area contributed by atoms with Gasteiger partial charge in [0.25, 0.3) is 0 Å². The summed E-state index contributed by atoms with van der Waals surface area (Å²) >= 11 is 0. The summed E-state index contributed by atoms with van der Waals surface area (Å²) in [5, 5.41) is 0. The quantitative estimate of drug-likeness (QED) is 0.785. The third-order valence-corrected chi connectivity index (χ3v) is 3.98. The number of rotatable bonds is 4. The van der Waals surface area contributed by atoms with Crippen LogP contribution in [0, 0.1) is 0 Å². The molecule has 2 aromatic carbocycles. The second kappa shape index (κ2) is 5.88. The zero-order chi connectivity index (χ0) is 13.0. The van der Waals surface area contributed by atoms with Crippen LogP contribution in [0.5, 0.6) is 11.5 Å². The first-order valence-electron chi connectivity index (χ1n) is 5.85. The molecule has 1 atom stereocenters. The molecule has 94 valence electrons. The molecule has 0 radical (unpaired) electrons. The van der Waals surface area contributed by atoms with Crippen molar-refractivity contribution < 1.29 is 9.47 Å². The Labute approximate surface area is 110 Å². The van der Waals surface area contributed by atoms with Crippen LogP contribution in [0.15, 0.2) is 48.5 Å². The lowest BCUT2D eigenvalue weighted by molar-refractivity contribution is 0.414. The lowest BCUT2D eigenvalue weighted by Gasteiger charge is -2.09. The van der Waals surface area contributed by atoms with Crippen molar-refractivity contribution in [2.24, 2.45) is 0 Å². The summed E-state index contributed by atoms with van der Waals surface area (Å²) in [6, 6.07) is 16.4. The van der Waals surface area contributed by atoms with E-state index < -0.39 is 0 Å². The predicted molar refractivity (Wildman–Crippen MR) is 78.9 cm³/mol. The number of benzene rings is 2. The van der Waals surface area contributed by atoms with Crippen molar-refractivity contribution in [1.29, 1.82) is 0 Å².